The molecule has 2 unspecified atom stereocenters. The normalized spacial score (nSPS) is 25.0. The zero-order valence-corrected chi connectivity index (χ0v) is 18.4. The molecule has 0 aromatic heterocycles. The van der Waals surface area contributed by atoms with Crippen molar-refractivity contribution in [2.75, 3.05) is 13.2 Å². The summed E-state index contributed by atoms with van der Waals surface area (Å²) in [4.78, 5) is 11.3. The first-order valence-electron chi connectivity index (χ1n) is 10.3. The summed E-state index contributed by atoms with van der Waals surface area (Å²) in [5.41, 5.74) is 1.22. The van der Waals surface area contributed by atoms with Gasteiger partial charge in [-0.2, -0.15) is 0 Å². The second-order valence-corrected chi connectivity index (χ2v) is 14.0. The van der Waals surface area contributed by atoms with Crippen molar-refractivity contribution in [3.05, 3.63) is 11.6 Å². The predicted molar refractivity (Wildman–Crippen MR) is 108 cm³/mol. The van der Waals surface area contributed by atoms with Crippen LogP contribution in [0.2, 0.25) is 18.1 Å². The summed E-state index contributed by atoms with van der Waals surface area (Å²) in [7, 11) is -1.75. The lowest BCUT2D eigenvalue weighted by atomic mass is 9.95. The van der Waals surface area contributed by atoms with Crippen LogP contribution in [0.4, 0.5) is 0 Å². The second-order valence-electron chi connectivity index (χ2n) is 9.29. The first-order valence-corrected chi connectivity index (χ1v) is 13.3. The van der Waals surface area contributed by atoms with E-state index in [9.17, 15) is 4.79 Å². The summed E-state index contributed by atoms with van der Waals surface area (Å²) < 4.78 is 17.9. The van der Waals surface area contributed by atoms with Crippen LogP contribution >= 0.6 is 0 Å². The molecule has 0 aromatic carbocycles. The van der Waals surface area contributed by atoms with Gasteiger partial charge in [0.1, 0.15) is 0 Å². The highest BCUT2D eigenvalue weighted by molar-refractivity contribution is 6.74. The lowest BCUT2D eigenvalue weighted by molar-refractivity contribution is -0.138. The number of hydrogen-bond donors (Lipinski definition) is 0. The zero-order valence-electron chi connectivity index (χ0n) is 17.4. The van der Waals surface area contributed by atoms with Crippen molar-refractivity contribution in [3.8, 4) is 0 Å². The summed E-state index contributed by atoms with van der Waals surface area (Å²) in [6.45, 7) is 12.9. The Morgan fingerprint density at radius 3 is 2.50 bits per heavy atom. The first kappa shape index (κ1) is 21.6. The minimum absolute atomic E-state index is 0.185. The molecule has 0 amide bonds. The van der Waals surface area contributed by atoms with Crippen LogP contribution in [-0.4, -0.2) is 39.7 Å². The lowest BCUT2D eigenvalue weighted by Gasteiger charge is -2.42. The fourth-order valence-corrected chi connectivity index (χ4v) is 4.77. The van der Waals surface area contributed by atoms with Crippen molar-refractivity contribution in [1.82, 2.24) is 0 Å². The van der Waals surface area contributed by atoms with Crippen molar-refractivity contribution in [3.63, 3.8) is 0 Å². The molecule has 26 heavy (non-hydrogen) atoms. The third kappa shape index (κ3) is 6.50. The van der Waals surface area contributed by atoms with E-state index < -0.39 is 8.32 Å². The molecule has 4 nitrogen and oxygen atoms in total. The predicted octanol–water partition coefficient (Wildman–Crippen LogP) is 5.38. The van der Waals surface area contributed by atoms with Crippen LogP contribution in [0.1, 0.15) is 72.1 Å². The number of esters is 1. The number of rotatable bonds is 8. The average Bonchev–Trinajstić information content (AvgIpc) is 2.55. The fourth-order valence-electron chi connectivity index (χ4n) is 3.39. The Bertz CT molecular complexity index is 493. The number of unbranched alkanes of at least 4 members (excludes halogenated alkanes) is 1. The molecule has 1 aliphatic heterocycles. The van der Waals surface area contributed by atoms with Crippen molar-refractivity contribution in [1.29, 1.82) is 0 Å². The van der Waals surface area contributed by atoms with E-state index in [0.29, 0.717) is 6.61 Å². The number of carbonyl (C=O) groups is 1. The van der Waals surface area contributed by atoms with E-state index in [2.05, 4.69) is 33.9 Å². The summed E-state index contributed by atoms with van der Waals surface area (Å²) in [5, 5.41) is 0.240. The molecule has 1 heterocycles. The molecule has 1 fully saturated rings. The van der Waals surface area contributed by atoms with Crippen LogP contribution < -0.4 is 0 Å². The third-order valence-corrected chi connectivity index (χ3v) is 10.6. The zero-order chi connectivity index (χ0) is 19.2. The molecule has 0 radical (unpaired) electrons. The molecule has 1 saturated carbocycles. The molecular weight excluding hydrogens is 344 g/mol. The molecule has 0 bridgehead atoms. The Morgan fingerprint density at radius 2 is 1.85 bits per heavy atom. The fraction of sp³-hybridized carbons (Fsp3) is 0.857. The largest absolute Gasteiger partial charge is 0.462 e. The summed E-state index contributed by atoms with van der Waals surface area (Å²) >= 11 is 0. The molecular formula is C21H38O4Si. The smallest absolute Gasteiger partial charge is 0.330 e. The van der Waals surface area contributed by atoms with Crippen LogP contribution in [0.3, 0.4) is 0 Å². The Hall–Kier alpha value is -0.653. The first-order chi connectivity index (χ1) is 12.2. The van der Waals surface area contributed by atoms with Crippen molar-refractivity contribution in [2.24, 2.45) is 0 Å². The van der Waals surface area contributed by atoms with E-state index in [1.807, 2.05) is 0 Å². The lowest BCUT2D eigenvalue weighted by Crippen LogP contribution is -2.48. The van der Waals surface area contributed by atoms with Gasteiger partial charge in [-0.3, -0.25) is 0 Å². The van der Waals surface area contributed by atoms with E-state index in [1.165, 1.54) is 18.4 Å². The van der Waals surface area contributed by atoms with E-state index >= 15 is 0 Å². The van der Waals surface area contributed by atoms with Crippen LogP contribution in [-0.2, 0) is 18.7 Å². The standard InChI is InChI=1S/C21H38O4Si/c1-21(2,3)26(4,5)25-19-12-7-6-11-18(19)23-14-9-8-10-17-13-15-24-20(22)16-17/h16,18-19H,6-15H2,1-5H3. The third-order valence-electron chi connectivity index (χ3n) is 6.11. The van der Waals surface area contributed by atoms with Gasteiger partial charge in [-0.1, -0.05) is 39.2 Å². The number of cyclic esters (lactones) is 1. The summed E-state index contributed by atoms with van der Waals surface area (Å²) in [5.74, 6) is -0.185. The van der Waals surface area contributed by atoms with Crippen LogP contribution in [0, 0.1) is 0 Å². The van der Waals surface area contributed by atoms with Crippen LogP contribution in [0.15, 0.2) is 11.6 Å². The van der Waals surface area contributed by atoms with E-state index in [0.717, 1.165) is 45.1 Å². The Morgan fingerprint density at radius 1 is 1.15 bits per heavy atom. The molecule has 2 aliphatic rings. The maximum atomic E-state index is 11.3. The molecule has 1 aliphatic carbocycles. The highest BCUT2D eigenvalue weighted by Crippen LogP contribution is 2.39. The minimum atomic E-state index is -1.75. The number of ether oxygens (including phenoxy) is 2. The van der Waals surface area contributed by atoms with Crippen molar-refractivity contribution in [2.45, 2.75) is 102 Å². The Kier molecular flexibility index (Phi) is 7.92. The maximum absolute atomic E-state index is 11.3. The van der Waals surface area contributed by atoms with Crippen LogP contribution in [0.5, 0.6) is 0 Å². The van der Waals surface area contributed by atoms with E-state index in [4.69, 9.17) is 13.9 Å². The van der Waals surface area contributed by atoms with E-state index in [1.54, 1.807) is 6.08 Å². The second kappa shape index (κ2) is 9.51. The minimum Gasteiger partial charge on any atom is -0.462 e. The summed E-state index contributed by atoms with van der Waals surface area (Å²) in [6.07, 6.45) is 10.9. The van der Waals surface area contributed by atoms with Gasteiger partial charge < -0.3 is 13.9 Å². The van der Waals surface area contributed by atoms with Crippen LogP contribution in [0.25, 0.3) is 0 Å². The molecule has 5 heteroatoms. The highest BCUT2D eigenvalue weighted by atomic mass is 28.4. The van der Waals surface area contributed by atoms with Gasteiger partial charge in [0.05, 0.1) is 18.8 Å². The molecule has 150 valence electrons. The van der Waals surface area contributed by atoms with Gasteiger partial charge in [-0.15, -0.1) is 0 Å². The SMILES string of the molecule is CC(C)(C)[Si](C)(C)OC1CCCCC1OCCCCC1=CC(=O)OCC1. The molecule has 2 atom stereocenters. The molecule has 0 N–H and O–H groups in total. The van der Waals surface area contributed by atoms with Gasteiger partial charge in [0.15, 0.2) is 8.32 Å². The Balaban J connectivity index is 1.73. The van der Waals surface area contributed by atoms with Gasteiger partial charge in [-0.25, -0.2) is 4.79 Å². The Labute approximate surface area is 160 Å². The number of hydrogen-bond acceptors (Lipinski definition) is 4. The topological polar surface area (TPSA) is 44.8 Å². The van der Waals surface area contributed by atoms with Crippen molar-refractivity contribution < 1.29 is 18.7 Å². The van der Waals surface area contributed by atoms with Gasteiger partial charge in [-0.05, 0) is 50.2 Å². The monoisotopic (exact) mass is 382 g/mol. The highest BCUT2D eigenvalue weighted by Gasteiger charge is 2.41. The molecule has 0 saturated heterocycles. The molecule has 2 rings (SSSR count). The quantitative estimate of drug-likeness (QED) is 0.321. The molecule has 0 spiro atoms. The van der Waals surface area contributed by atoms with E-state index in [-0.39, 0.29) is 23.2 Å². The maximum Gasteiger partial charge on any atom is 0.330 e. The van der Waals surface area contributed by atoms with Gasteiger partial charge >= 0.3 is 5.97 Å². The van der Waals surface area contributed by atoms with Gasteiger partial charge in [0.2, 0.25) is 0 Å². The summed E-state index contributed by atoms with van der Waals surface area (Å²) in [6, 6.07) is 0. The average molecular weight is 383 g/mol. The van der Waals surface area contributed by atoms with Gasteiger partial charge in [0, 0.05) is 19.1 Å². The molecule has 0 aromatic rings. The van der Waals surface area contributed by atoms with Crippen molar-refractivity contribution >= 4 is 14.3 Å². The number of carbonyl (C=O) groups excluding carboxylic acids is 1. The van der Waals surface area contributed by atoms with Gasteiger partial charge in [0.25, 0.3) is 0 Å².